The Hall–Kier alpha value is -1.33. The monoisotopic (exact) mass is 250 g/mol. The lowest BCUT2D eigenvalue weighted by Gasteiger charge is -2.23. The number of hydrogen-bond acceptors (Lipinski definition) is 3. The van der Waals surface area contributed by atoms with Gasteiger partial charge in [0, 0.05) is 17.8 Å². The molecule has 0 fully saturated rings. The van der Waals surface area contributed by atoms with E-state index in [0.29, 0.717) is 6.42 Å². The zero-order valence-corrected chi connectivity index (χ0v) is 10.2. The molecule has 17 heavy (non-hydrogen) atoms. The van der Waals surface area contributed by atoms with E-state index in [4.69, 9.17) is 5.14 Å². The van der Waals surface area contributed by atoms with Crippen molar-refractivity contribution in [3.8, 4) is 0 Å². The molecule has 0 spiro atoms. The predicted molar refractivity (Wildman–Crippen MR) is 66.0 cm³/mol. The van der Waals surface area contributed by atoms with Gasteiger partial charge in [-0.25, -0.2) is 13.6 Å². The van der Waals surface area contributed by atoms with Gasteiger partial charge < -0.3 is 5.32 Å². The molecule has 5 heteroatoms. The van der Waals surface area contributed by atoms with Gasteiger partial charge in [0.05, 0.1) is 4.91 Å². The average Bonchev–Trinajstić information content (AvgIpc) is 2.70. The number of rotatable bonds is 1. The molecule has 4 nitrogen and oxygen atoms in total. The van der Waals surface area contributed by atoms with Gasteiger partial charge in [0.1, 0.15) is 0 Å². The number of allylic oxidation sites excluding steroid dienone is 6. The van der Waals surface area contributed by atoms with E-state index in [1.165, 1.54) is 17.7 Å². The summed E-state index contributed by atoms with van der Waals surface area (Å²) in [7, 11) is -3.57. The lowest BCUT2D eigenvalue weighted by molar-refractivity contribution is 0.602. The quantitative estimate of drug-likeness (QED) is 0.739. The topological polar surface area (TPSA) is 72.2 Å². The van der Waals surface area contributed by atoms with Gasteiger partial charge in [-0.1, -0.05) is 6.08 Å². The molecule has 3 N–H and O–H groups in total. The Kier molecular flexibility index (Phi) is 2.27. The van der Waals surface area contributed by atoms with Gasteiger partial charge in [0.2, 0.25) is 10.0 Å². The molecule has 0 saturated heterocycles. The number of primary sulfonamides is 1. The van der Waals surface area contributed by atoms with Crippen molar-refractivity contribution in [2.24, 2.45) is 5.14 Å². The zero-order chi connectivity index (χ0) is 12.0. The molecule has 1 heterocycles. The summed E-state index contributed by atoms with van der Waals surface area (Å²) in [6, 6.07) is 0. The maximum atomic E-state index is 11.3. The Labute approximate surface area is 101 Å². The van der Waals surface area contributed by atoms with Crippen LogP contribution in [-0.4, -0.2) is 8.42 Å². The molecule has 0 aromatic heterocycles. The fraction of sp³-hybridized carbons (Fsp3) is 0.333. The summed E-state index contributed by atoms with van der Waals surface area (Å²) in [4.78, 5) is 0.288. The van der Waals surface area contributed by atoms with Crippen LogP contribution in [0.3, 0.4) is 0 Å². The highest BCUT2D eigenvalue weighted by atomic mass is 32.2. The molecule has 0 saturated carbocycles. The van der Waals surface area contributed by atoms with E-state index in [1.54, 1.807) is 6.08 Å². The van der Waals surface area contributed by atoms with E-state index < -0.39 is 10.0 Å². The van der Waals surface area contributed by atoms with Crippen molar-refractivity contribution in [1.29, 1.82) is 0 Å². The van der Waals surface area contributed by atoms with Crippen LogP contribution in [-0.2, 0) is 10.0 Å². The Morgan fingerprint density at radius 3 is 2.82 bits per heavy atom. The van der Waals surface area contributed by atoms with Crippen LogP contribution in [0.25, 0.3) is 0 Å². The van der Waals surface area contributed by atoms with Crippen LogP contribution < -0.4 is 10.5 Å². The number of hydrogen-bond donors (Lipinski definition) is 2. The van der Waals surface area contributed by atoms with Crippen molar-refractivity contribution in [2.75, 3.05) is 0 Å². The molecule has 1 aliphatic heterocycles. The molecule has 90 valence electrons. The van der Waals surface area contributed by atoms with Gasteiger partial charge in [0.15, 0.2) is 0 Å². The van der Waals surface area contributed by atoms with Gasteiger partial charge in [0.25, 0.3) is 0 Å². The summed E-state index contributed by atoms with van der Waals surface area (Å²) in [6.45, 7) is 0. The van der Waals surface area contributed by atoms with Crippen molar-refractivity contribution in [3.05, 3.63) is 45.7 Å². The smallest absolute Gasteiger partial charge is 0.234 e. The molecule has 0 atom stereocenters. The molecule has 3 rings (SSSR count). The van der Waals surface area contributed by atoms with E-state index in [-0.39, 0.29) is 4.91 Å². The first-order valence-electron chi connectivity index (χ1n) is 5.69. The fourth-order valence-electron chi connectivity index (χ4n) is 2.49. The Morgan fingerprint density at radius 2 is 2.06 bits per heavy atom. The van der Waals surface area contributed by atoms with Crippen LogP contribution >= 0.6 is 0 Å². The Morgan fingerprint density at radius 1 is 1.24 bits per heavy atom. The summed E-state index contributed by atoms with van der Waals surface area (Å²) >= 11 is 0. The minimum Gasteiger partial charge on any atom is -0.358 e. The second-order valence-electron chi connectivity index (χ2n) is 4.56. The number of nitrogens with two attached hydrogens (primary N) is 1. The molecule has 0 aromatic carbocycles. The lowest BCUT2D eigenvalue weighted by Crippen LogP contribution is -2.22. The highest BCUT2D eigenvalue weighted by Gasteiger charge is 2.24. The zero-order valence-electron chi connectivity index (χ0n) is 9.36. The summed E-state index contributed by atoms with van der Waals surface area (Å²) in [5, 5.41) is 8.54. The summed E-state index contributed by atoms with van der Waals surface area (Å²) < 4.78 is 22.6. The highest BCUT2D eigenvalue weighted by molar-refractivity contribution is 7.93. The third-order valence-corrected chi connectivity index (χ3v) is 4.39. The minimum absolute atomic E-state index is 0.288. The van der Waals surface area contributed by atoms with E-state index >= 15 is 0 Å². The van der Waals surface area contributed by atoms with Crippen LogP contribution in [0.5, 0.6) is 0 Å². The molecule has 2 aliphatic carbocycles. The standard InChI is InChI=1S/C12H14N2O2S/c13-17(15,16)10-4-5-12-9(7-10)6-8-2-1-3-11(8)14-12/h5-7,14H,1-4H2,(H2,13,15,16). The van der Waals surface area contributed by atoms with E-state index in [2.05, 4.69) is 11.4 Å². The van der Waals surface area contributed by atoms with Gasteiger partial charge in [-0.2, -0.15) is 0 Å². The molecule has 0 aromatic rings. The number of dihydropyridines is 1. The molecule has 0 radical (unpaired) electrons. The number of nitrogens with one attached hydrogen (secondary N) is 1. The minimum atomic E-state index is -3.57. The average molecular weight is 250 g/mol. The summed E-state index contributed by atoms with van der Waals surface area (Å²) in [6.07, 6.45) is 9.35. The van der Waals surface area contributed by atoms with E-state index in [0.717, 1.165) is 24.1 Å². The van der Waals surface area contributed by atoms with E-state index in [1.807, 2.05) is 6.08 Å². The van der Waals surface area contributed by atoms with Crippen LogP contribution in [0.1, 0.15) is 25.7 Å². The van der Waals surface area contributed by atoms with Crippen LogP contribution in [0.2, 0.25) is 0 Å². The Bertz CT molecular complexity index is 606. The third kappa shape index (κ3) is 1.85. The second kappa shape index (κ2) is 3.58. The van der Waals surface area contributed by atoms with Gasteiger partial charge in [-0.05, 0) is 42.6 Å². The van der Waals surface area contributed by atoms with E-state index in [9.17, 15) is 8.42 Å². The normalized spacial score (nSPS) is 23.2. The maximum absolute atomic E-state index is 11.3. The highest BCUT2D eigenvalue weighted by Crippen LogP contribution is 2.35. The molecular weight excluding hydrogens is 236 g/mol. The third-order valence-electron chi connectivity index (χ3n) is 3.38. The van der Waals surface area contributed by atoms with Gasteiger partial charge >= 0.3 is 0 Å². The second-order valence-corrected chi connectivity index (χ2v) is 6.17. The molecule has 0 amide bonds. The van der Waals surface area contributed by atoms with Crippen molar-refractivity contribution in [1.82, 2.24) is 5.32 Å². The SMILES string of the molecule is NS(=O)(=O)C1=CC2=CC3=C(CCC3)NC2=CC1. The van der Waals surface area contributed by atoms with Gasteiger partial charge in [-0.3, -0.25) is 0 Å². The fourth-order valence-corrected chi connectivity index (χ4v) is 3.10. The van der Waals surface area contributed by atoms with Crippen LogP contribution in [0.15, 0.2) is 45.7 Å². The number of fused-ring (bicyclic) bond motifs is 1. The first kappa shape index (κ1) is 10.8. The summed E-state index contributed by atoms with van der Waals surface area (Å²) in [5.41, 5.74) is 4.52. The molecule has 3 aliphatic rings. The lowest BCUT2D eigenvalue weighted by atomic mass is 9.98. The Balaban J connectivity index is 2.03. The summed E-state index contributed by atoms with van der Waals surface area (Å²) in [5.74, 6) is 0. The molecular formula is C12H14N2O2S. The predicted octanol–water partition coefficient (Wildman–Crippen LogP) is 1.41. The van der Waals surface area contributed by atoms with Crippen LogP contribution in [0.4, 0.5) is 0 Å². The van der Waals surface area contributed by atoms with Gasteiger partial charge in [-0.15, -0.1) is 0 Å². The van der Waals surface area contributed by atoms with Crippen molar-refractivity contribution in [3.63, 3.8) is 0 Å². The van der Waals surface area contributed by atoms with Crippen molar-refractivity contribution >= 4 is 10.0 Å². The van der Waals surface area contributed by atoms with Crippen molar-refractivity contribution in [2.45, 2.75) is 25.7 Å². The van der Waals surface area contributed by atoms with Crippen molar-refractivity contribution < 1.29 is 8.42 Å². The first-order valence-corrected chi connectivity index (χ1v) is 7.23. The first-order chi connectivity index (χ1) is 8.04. The van der Waals surface area contributed by atoms with Crippen LogP contribution in [0, 0.1) is 0 Å². The number of sulfonamides is 1. The maximum Gasteiger partial charge on any atom is 0.234 e. The molecule has 0 bridgehead atoms. The molecule has 0 unspecified atom stereocenters. The largest absolute Gasteiger partial charge is 0.358 e.